The fraction of sp³-hybridized carbons (Fsp3) is 0. The van der Waals surface area contributed by atoms with E-state index in [9.17, 15) is 0 Å². The molecule has 45 heavy (non-hydrogen) atoms. The van der Waals surface area contributed by atoms with Gasteiger partial charge in [0.15, 0.2) is 0 Å². The third-order valence-corrected chi connectivity index (χ3v) is 8.39. The number of para-hydroxylation sites is 2. The van der Waals surface area contributed by atoms with Crippen molar-refractivity contribution in [1.29, 1.82) is 0 Å². The topological polar surface area (TPSA) is 44.1 Å². The summed E-state index contributed by atoms with van der Waals surface area (Å²) in [6, 6.07) is 58.9. The van der Waals surface area contributed by atoms with Gasteiger partial charge in [0.2, 0.25) is 0 Å². The van der Waals surface area contributed by atoms with Gasteiger partial charge in [-0.2, -0.15) is 0 Å². The van der Waals surface area contributed by atoms with Crippen molar-refractivity contribution in [2.45, 2.75) is 0 Å². The van der Waals surface area contributed by atoms with Crippen molar-refractivity contribution in [2.24, 2.45) is 0 Å². The molecule has 2 heterocycles. The van der Waals surface area contributed by atoms with Crippen LogP contribution in [0.5, 0.6) is 0 Å². The Hall–Kier alpha value is -6.06. The fourth-order valence-corrected chi connectivity index (χ4v) is 6.26. The van der Waals surface area contributed by atoms with Gasteiger partial charge in [-0.3, -0.25) is 0 Å². The summed E-state index contributed by atoms with van der Waals surface area (Å²) in [6.07, 6.45) is 0. The lowest BCUT2D eigenvalue weighted by atomic mass is 10.0. The molecule has 3 heteroatoms. The number of nitrogen functional groups attached to an aromatic ring is 1. The number of hydrogen-bond donors (Lipinski definition) is 1. The zero-order valence-electron chi connectivity index (χ0n) is 24.6. The number of nitrogens with zero attached hydrogens (tertiary/aromatic N) is 1. The number of anilines is 1. The fourth-order valence-electron chi connectivity index (χ4n) is 6.26. The van der Waals surface area contributed by atoms with Crippen LogP contribution in [0.4, 0.5) is 5.69 Å². The van der Waals surface area contributed by atoms with Gasteiger partial charge in [-0.1, -0.05) is 115 Å². The molecular formula is C42H30N2O. The minimum absolute atomic E-state index is 0.740. The van der Waals surface area contributed by atoms with Crippen molar-refractivity contribution in [3.8, 4) is 27.9 Å². The molecule has 2 N–H and O–H groups in total. The van der Waals surface area contributed by atoms with Gasteiger partial charge in [0.1, 0.15) is 11.2 Å². The Balaban J connectivity index is 0.000000211. The van der Waals surface area contributed by atoms with Gasteiger partial charge in [0.25, 0.3) is 0 Å². The van der Waals surface area contributed by atoms with Gasteiger partial charge in [0.05, 0.1) is 11.0 Å². The van der Waals surface area contributed by atoms with E-state index in [1.54, 1.807) is 0 Å². The Kier molecular flexibility index (Phi) is 6.62. The number of furan rings is 1. The Labute approximate surface area is 261 Å². The first kappa shape index (κ1) is 26.6. The third-order valence-electron chi connectivity index (χ3n) is 8.39. The van der Waals surface area contributed by atoms with Crippen molar-refractivity contribution >= 4 is 49.4 Å². The summed E-state index contributed by atoms with van der Waals surface area (Å²) < 4.78 is 8.37. The standard InChI is InChI=1S/C30H20N2O.C12H10/c31-21-13-15-30-26(18-21)25-17-20(12-14-29(25)33-30)19-6-5-7-22(16-19)32-27-10-3-1-8-23(27)24-9-2-4-11-28(24)32;1-3-7-11(8-4-1)12-9-5-2-6-10-12/h1-18H,31H2;1-10H. The van der Waals surface area contributed by atoms with Crippen LogP contribution < -0.4 is 5.73 Å². The molecule has 0 saturated carbocycles. The lowest BCUT2D eigenvalue weighted by Gasteiger charge is -2.10. The summed E-state index contributed by atoms with van der Waals surface area (Å²) in [5, 5.41) is 4.66. The van der Waals surface area contributed by atoms with E-state index in [1.165, 1.54) is 32.9 Å². The average molecular weight is 579 g/mol. The van der Waals surface area contributed by atoms with Crippen LogP contribution in [0.2, 0.25) is 0 Å². The van der Waals surface area contributed by atoms with E-state index in [0.717, 1.165) is 44.4 Å². The van der Waals surface area contributed by atoms with Crippen LogP contribution in [-0.4, -0.2) is 4.57 Å². The van der Waals surface area contributed by atoms with E-state index >= 15 is 0 Å². The van der Waals surface area contributed by atoms with Gasteiger partial charge in [0, 0.05) is 32.9 Å². The molecule has 0 radical (unpaired) electrons. The van der Waals surface area contributed by atoms with E-state index in [4.69, 9.17) is 10.2 Å². The molecule has 9 aromatic rings. The highest BCUT2D eigenvalue weighted by atomic mass is 16.3. The highest BCUT2D eigenvalue weighted by molar-refractivity contribution is 6.09. The maximum absolute atomic E-state index is 6.04. The number of fused-ring (bicyclic) bond motifs is 6. The van der Waals surface area contributed by atoms with Crippen LogP contribution in [0.25, 0.3) is 71.7 Å². The normalized spacial score (nSPS) is 11.2. The Bertz CT molecular complexity index is 2340. The van der Waals surface area contributed by atoms with Gasteiger partial charge < -0.3 is 14.7 Å². The molecule has 0 saturated heterocycles. The number of benzene rings is 7. The largest absolute Gasteiger partial charge is 0.456 e. The molecule has 3 nitrogen and oxygen atoms in total. The first-order chi connectivity index (χ1) is 22.2. The van der Waals surface area contributed by atoms with Gasteiger partial charge in [-0.15, -0.1) is 0 Å². The second kappa shape index (κ2) is 11.2. The molecule has 0 aliphatic carbocycles. The van der Waals surface area contributed by atoms with Gasteiger partial charge >= 0.3 is 0 Å². The minimum Gasteiger partial charge on any atom is -0.456 e. The molecule has 0 aliphatic heterocycles. The first-order valence-corrected chi connectivity index (χ1v) is 15.1. The van der Waals surface area contributed by atoms with Crippen LogP contribution >= 0.6 is 0 Å². The van der Waals surface area contributed by atoms with Crippen LogP contribution in [0.3, 0.4) is 0 Å². The Morgan fingerprint density at radius 3 is 1.53 bits per heavy atom. The highest BCUT2D eigenvalue weighted by Crippen LogP contribution is 2.36. The number of aromatic nitrogens is 1. The van der Waals surface area contributed by atoms with Crippen molar-refractivity contribution < 1.29 is 4.42 Å². The van der Waals surface area contributed by atoms with E-state index in [2.05, 4.69) is 138 Å². The van der Waals surface area contributed by atoms with Crippen molar-refractivity contribution in [1.82, 2.24) is 4.57 Å². The summed E-state index contributed by atoms with van der Waals surface area (Å²) >= 11 is 0. The molecule has 0 spiro atoms. The molecule has 0 bridgehead atoms. The summed E-state index contributed by atoms with van der Waals surface area (Å²) in [5.41, 5.74) is 16.9. The maximum atomic E-state index is 6.04. The lowest BCUT2D eigenvalue weighted by molar-refractivity contribution is 0.669. The molecule has 0 amide bonds. The Morgan fingerprint density at radius 1 is 0.378 bits per heavy atom. The van der Waals surface area contributed by atoms with Gasteiger partial charge in [-0.25, -0.2) is 0 Å². The summed E-state index contributed by atoms with van der Waals surface area (Å²) in [4.78, 5) is 0. The number of nitrogens with two attached hydrogens (primary N) is 1. The van der Waals surface area contributed by atoms with Crippen molar-refractivity contribution in [3.63, 3.8) is 0 Å². The molecular weight excluding hydrogens is 548 g/mol. The zero-order valence-corrected chi connectivity index (χ0v) is 24.6. The monoisotopic (exact) mass is 578 g/mol. The van der Waals surface area contributed by atoms with Crippen LogP contribution in [0.15, 0.2) is 174 Å². The van der Waals surface area contributed by atoms with Crippen LogP contribution in [-0.2, 0) is 0 Å². The quantitative estimate of drug-likeness (QED) is 0.212. The second-order valence-corrected chi connectivity index (χ2v) is 11.2. The Morgan fingerprint density at radius 2 is 0.889 bits per heavy atom. The molecule has 0 unspecified atom stereocenters. The lowest BCUT2D eigenvalue weighted by Crippen LogP contribution is -1.94. The first-order valence-electron chi connectivity index (χ1n) is 15.1. The van der Waals surface area contributed by atoms with E-state index in [0.29, 0.717) is 0 Å². The average Bonchev–Trinajstić information content (AvgIpc) is 3.64. The molecule has 7 aromatic carbocycles. The highest BCUT2D eigenvalue weighted by Gasteiger charge is 2.13. The van der Waals surface area contributed by atoms with Crippen LogP contribution in [0, 0.1) is 0 Å². The third kappa shape index (κ3) is 4.91. The molecule has 2 aromatic heterocycles. The number of rotatable bonds is 3. The summed E-state index contributed by atoms with van der Waals surface area (Å²) in [6.45, 7) is 0. The summed E-state index contributed by atoms with van der Waals surface area (Å²) in [7, 11) is 0. The van der Waals surface area contributed by atoms with Crippen LogP contribution in [0.1, 0.15) is 0 Å². The van der Waals surface area contributed by atoms with Crippen molar-refractivity contribution in [3.05, 3.63) is 170 Å². The number of hydrogen-bond acceptors (Lipinski definition) is 2. The minimum atomic E-state index is 0.740. The summed E-state index contributed by atoms with van der Waals surface area (Å²) in [5.74, 6) is 0. The molecule has 214 valence electrons. The van der Waals surface area contributed by atoms with Crippen molar-refractivity contribution in [2.75, 3.05) is 5.73 Å². The molecule has 0 aliphatic rings. The zero-order chi connectivity index (χ0) is 30.2. The molecule has 0 fully saturated rings. The molecule has 0 atom stereocenters. The van der Waals surface area contributed by atoms with E-state index in [1.807, 2.05) is 36.4 Å². The van der Waals surface area contributed by atoms with E-state index < -0.39 is 0 Å². The second-order valence-electron chi connectivity index (χ2n) is 11.2. The SMILES string of the molecule is Nc1ccc2oc3ccc(-c4cccc(-n5c6ccccc6c6ccccc65)c4)cc3c2c1.c1ccc(-c2ccccc2)cc1. The predicted molar refractivity (Wildman–Crippen MR) is 190 cm³/mol. The maximum Gasteiger partial charge on any atom is 0.135 e. The van der Waals surface area contributed by atoms with Gasteiger partial charge in [-0.05, 0) is 76.9 Å². The molecule has 9 rings (SSSR count). The smallest absolute Gasteiger partial charge is 0.135 e. The predicted octanol–water partition coefficient (Wildman–Crippen LogP) is 11.3. The van der Waals surface area contributed by atoms with E-state index in [-0.39, 0.29) is 0 Å².